The van der Waals surface area contributed by atoms with Crippen LogP contribution in [0.5, 0.6) is 0 Å². The third-order valence-corrected chi connectivity index (χ3v) is 4.56. The van der Waals surface area contributed by atoms with Crippen molar-refractivity contribution in [3.63, 3.8) is 0 Å². The van der Waals surface area contributed by atoms with Gasteiger partial charge >= 0.3 is 0 Å². The van der Waals surface area contributed by atoms with E-state index in [1.165, 1.54) is 18.2 Å². The second-order valence-electron chi connectivity index (χ2n) is 6.17. The molecule has 3 rings (SSSR count). The van der Waals surface area contributed by atoms with E-state index in [1.807, 2.05) is 21.8 Å². The number of halogens is 2. The smallest absolute Gasteiger partial charge is 0.223 e. The number of amides is 1. The van der Waals surface area contributed by atoms with Crippen LogP contribution in [0.1, 0.15) is 31.2 Å². The minimum Gasteiger partial charge on any atom is -0.338 e. The summed E-state index contributed by atoms with van der Waals surface area (Å²) in [6.45, 7) is 1.36. The van der Waals surface area contributed by atoms with Crippen LogP contribution < -0.4 is 0 Å². The van der Waals surface area contributed by atoms with Crippen LogP contribution in [-0.4, -0.2) is 33.2 Å². The van der Waals surface area contributed by atoms with Crippen molar-refractivity contribution >= 4 is 5.91 Å². The van der Waals surface area contributed by atoms with Gasteiger partial charge in [-0.05, 0) is 43.9 Å². The number of benzene rings is 1. The van der Waals surface area contributed by atoms with Gasteiger partial charge in [0.05, 0.1) is 12.6 Å². The highest BCUT2D eigenvalue weighted by Gasteiger charge is 2.27. The van der Waals surface area contributed by atoms with Crippen molar-refractivity contribution in [3.8, 4) is 0 Å². The Labute approximate surface area is 140 Å². The van der Waals surface area contributed by atoms with Crippen molar-refractivity contribution < 1.29 is 13.6 Å². The van der Waals surface area contributed by atoms with Crippen LogP contribution >= 0.6 is 0 Å². The molecule has 2 heterocycles. The molecule has 1 aromatic heterocycles. The molecule has 0 radical (unpaired) electrons. The number of hydrogen-bond donors (Lipinski definition) is 0. The minimum absolute atomic E-state index is 0.00788. The molecule has 0 saturated carbocycles. The SMILES string of the molecule is O=C(CCc1c(F)cccc1F)N1CCCCC1Cn1cccn1. The fourth-order valence-corrected chi connectivity index (χ4v) is 3.29. The number of hydrogen-bond acceptors (Lipinski definition) is 2. The highest BCUT2D eigenvalue weighted by Crippen LogP contribution is 2.21. The Hall–Kier alpha value is -2.24. The molecular formula is C18H21F2N3O. The molecule has 1 unspecified atom stereocenters. The van der Waals surface area contributed by atoms with E-state index in [0.29, 0.717) is 13.1 Å². The lowest BCUT2D eigenvalue weighted by atomic mass is 10.0. The molecule has 0 N–H and O–H groups in total. The predicted octanol–water partition coefficient (Wildman–Crippen LogP) is 3.18. The normalized spacial score (nSPS) is 17.9. The number of likely N-dealkylation sites (tertiary alicyclic amines) is 1. The van der Waals surface area contributed by atoms with Crippen LogP contribution in [-0.2, 0) is 17.8 Å². The highest BCUT2D eigenvalue weighted by atomic mass is 19.1. The van der Waals surface area contributed by atoms with Crippen molar-refractivity contribution in [2.24, 2.45) is 0 Å². The number of carbonyl (C=O) groups excluding carboxylic acids is 1. The molecule has 1 aromatic carbocycles. The van der Waals surface area contributed by atoms with Gasteiger partial charge in [-0.25, -0.2) is 8.78 Å². The van der Waals surface area contributed by atoms with Crippen LogP contribution in [0.2, 0.25) is 0 Å². The van der Waals surface area contributed by atoms with E-state index in [2.05, 4.69) is 5.10 Å². The monoisotopic (exact) mass is 333 g/mol. The maximum Gasteiger partial charge on any atom is 0.223 e. The first-order valence-electron chi connectivity index (χ1n) is 8.35. The zero-order valence-corrected chi connectivity index (χ0v) is 13.5. The van der Waals surface area contributed by atoms with Crippen LogP contribution in [0.15, 0.2) is 36.7 Å². The molecule has 4 nitrogen and oxygen atoms in total. The molecule has 128 valence electrons. The van der Waals surface area contributed by atoms with Gasteiger partial charge in [0.25, 0.3) is 0 Å². The molecule has 1 amide bonds. The lowest BCUT2D eigenvalue weighted by Gasteiger charge is -2.36. The number of piperidine rings is 1. The summed E-state index contributed by atoms with van der Waals surface area (Å²) in [5.74, 6) is -1.22. The van der Waals surface area contributed by atoms with Crippen LogP contribution in [0.25, 0.3) is 0 Å². The Balaban J connectivity index is 1.63. The van der Waals surface area contributed by atoms with Crippen LogP contribution in [0.4, 0.5) is 8.78 Å². The maximum absolute atomic E-state index is 13.7. The molecule has 0 aliphatic carbocycles. The fraction of sp³-hybridized carbons (Fsp3) is 0.444. The third kappa shape index (κ3) is 3.80. The molecule has 0 spiro atoms. The summed E-state index contributed by atoms with van der Waals surface area (Å²) in [6, 6.07) is 5.74. The van der Waals surface area contributed by atoms with Crippen molar-refractivity contribution in [1.29, 1.82) is 0 Å². The first kappa shape index (κ1) is 16.6. The maximum atomic E-state index is 13.7. The summed E-state index contributed by atoms with van der Waals surface area (Å²) in [4.78, 5) is 14.4. The second kappa shape index (κ2) is 7.55. The molecule has 1 aliphatic rings. The molecule has 24 heavy (non-hydrogen) atoms. The molecule has 2 aromatic rings. The van der Waals surface area contributed by atoms with Gasteiger partial charge in [0, 0.05) is 30.9 Å². The van der Waals surface area contributed by atoms with Crippen molar-refractivity contribution in [2.75, 3.05) is 6.54 Å². The fourth-order valence-electron chi connectivity index (χ4n) is 3.29. The molecule has 1 saturated heterocycles. The standard InChI is InChI=1S/C18H21F2N3O/c19-16-6-3-7-17(20)15(16)8-9-18(24)23-12-2-1-5-14(23)13-22-11-4-10-21-22/h3-4,6-7,10-11,14H,1-2,5,8-9,12-13H2. The van der Waals surface area contributed by atoms with E-state index in [-0.39, 0.29) is 30.4 Å². The van der Waals surface area contributed by atoms with E-state index < -0.39 is 11.6 Å². The molecule has 1 aliphatic heterocycles. The molecule has 6 heteroatoms. The Morgan fingerprint density at radius 2 is 2.00 bits per heavy atom. The quantitative estimate of drug-likeness (QED) is 0.843. The summed E-state index contributed by atoms with van der Waals surface area (Å²) in [6.07, 6.45) is 6.78. The summed E-state index contributed by atoms with van der Waals surface area (Å²) in [7, 11) is 0. The van der Waals surface area contributed by atoms with Crippen molar-refractivity contribution in [1.82, 2.24) is 14.7 Å². The summed E-state index contributed by atoms with van der Waals surface area (Å²) < 4.78 is 29.2. The summed E-state index contributed by atoms with van der Waals surface area (Å²) >= 11 is 0. The number of nitrogens with zero attached hydrogens (tertiary/aromatic N) is 3. The zero-order chi connectivity index (χ0) is 16.9. The molecule has 0 bridgehead atoms. The first-order chi connectivity index (χ1) is 11.6. The number of carbonyl (C=O) groups is 1. The second-order valence-corrected chi connectivity index (χ2v) is 6.17. The molecular weight excluding hydrogens is 312 g/mol. The lowest BCUT2D eigenvalue weighted by molar-refractivity contribution is -0.135. The van der Waals surface area contributed by atoms with Gasteiger partial charge in [-0.2, -0.15) is 5.10 Å². The first-order valence-corrected chi connectivity index (χ1v) is 8.35. The average molecular weight is 333 g/mol. The van der Waals surface area contributed by atoms with Crippen LogP contribution in [0, 0.1) is 11.6 Å². The third-order valence-electron chi connectivity index (χ3n) is 4.56. The van der Waals surface area contributed by atoms with E-state index >= 15 is 0 Å². The van der Waals surface area contributed by atoms with Gasteiger partial charge in [0.2, 0.25) is 5.91 Å². The van der Waals surface area contributed by atoms with Crippen LogP contribution in [0.3, 0.4) is 0 Å². The Kier molecular flexibility index (Phi) is 5.23. The highest BCUT2D eigenvalue weighted by molar-refractivity contribution is 5.77. The largest absolute Gasteiger partial charge is 0.338 e. The lowest BCUT2D eigenvalue weighted by Crippen LogP contribution is -2.46. The minimum atomic E-state index is -0.588. The van der Waals surface area contributed by atoms with Gasteiger partial charge < -0.3 is 4.90 Å². The van der Waals surface area contributed by atoms with Gasteiger partial charge in [0.1, 0.15) is 11.6 Å². The Bertz CT molecular complexity index is 667. The number of aromatic nitrogens is 2. The molecule has 1 fully saturated rings. The number of rotatable bonds is 5. The van der Waals surface area contributed by atoms with E-state index in [0.717, 1.165) is 19.3 Å². The van der Waals surface area contributed by atoms with Gasteiger partial charge in [-0.15, -0.1) is 0 Å². The van der Waals surface area contributed by atoms with E-state index in [9.17, 15) is 13.6 Å². The predicted molar refractivity (Wildman–Crippen MR) is 86.3 cm³/mol. The van der Waals surface area contributed by atoms with Gasteiger partial charge in [-0.3, -0.25) is 9.48 Å². The van der Waals surface area contributed by atoms with Gasteiger partial charge in [0.15, 0.2) is 0 Å². The summed E-state index contributed by atoms with van der Waals surface area (Å²) in [5, 5.41) is 4.20. The van der Waals surface area contributed by atoms with Gasteiger partial charge in [-0.1, -0.05) is 6.07 Å². The average Bonchev–Trinajstić information content (AvgIpc) is 3.08. The Morgan fingerprint density at radius 1 is 1.21 bits per heavy atom. The zero-order valence-electron chi connectivity index (χ0n) is 13.5. The van der Waals surface area contributed by atoms with E-state index in [4.69, 9.17) is 0 Å². The van der Waals surface area contributed by atoms with Crippen molar-refractivity contribution in [2.45, 2.75) is 44.7 Å². The van der Waals surface area contributed by atoms with Crippen molar-refractivity contribution in [3.05, 3.63) is 53.9 Å². The summed E-state index contributed by atoms with van der Waals surface area (Å²) in [5.41, 5.74) is -0.00788. The van der Waals surface area contributed by atoms with E-state index in [1.54, 1.807) is 6.20 Å². The molecule has 1 atom stereocenters. The topological polar surface area (TPSA) is 38.1 Å². The Morgan fingerprint density at radius 3 is 2.71 bits per heavy atom.